The Labute approximate surface area is 223 Å². The summed E-state index contributed by atoms with van der Waals surface area (Å²) in [6, 6.07) is 18.0. The van der Waals surface area contributed by atoms with Crippen LogP contribution in [0, 0.1) is 17.0 Å². The molecule has 0 aliphatic carbocycles. The minimum atomic E-state index is -0.888. The lowest BCUT2D eigenvalue weighted by Gasteiger charge is -2.35. The summed E-state index contributed by atoms with van der Waals surface area (Å²) in [5, 5.41) is 3.04. The lowest BCUT2D eigenvalue weighted by Crippen LogP contribution is -2.34. The van der Waals surface area contributed by atoms with Crippen molar-refractivity contribution in [2.24, 2.45) is 5.41 Å². The Balaban J connectivity index is 1.39. The number of nitrogens with one attached hydrogen (secondary N) is 1. The van der Waals surface area contributed by atoms with Gasteiger partial charge < -0.3 is 14.2 Å². The van der Waals surface area contributed by atoms with Crippen LogP contribution in [0.4, 0.5) is 13.9 Å². The lowest BCUT2D eigenvalue weighted by atomic mass is 9.95. The monoisotopic (exact) mass is 536 g/mol. The summed E-state index contributed by atoms with van der Waals surface area (Å²) in [4.78, 5) is 18.1. The van der Waals surface area contributed by atoms with Gasteiger partial charge in [0, 0.05) is 17.2 Å². The average molecular weight is 537 g/mol. The first-order chi connectivity index (χ1) is 18.3. The number of carbonyl (C=O) groups is 1. The van der Waals surface area contributed by atoms with Gasteiger partial charge in [-0.15, -0.1) is 0 Å². The van der Waals surface area contributed by atoms with Crippen molar-refractivity contribution < 1.29 is 27.8 Å². The third-order valence-electron chi connectivity index (χ3n) is 5.92. The molecule has 3 aromatic carbocycles. The smallest absolute Gasteiger partial charge is 0.257 e. The topological polar surface area (TPSA) is 69.7 Å². The first-order valence-corrected chi connectivity index (χ1v) is 12.9. The maximum atomic E-state index is 15.4. The molecule has 9 heteroatoms. The summed E-state index contributed by atoms with van der Waals surface area (Å²) in [5.41, 5.74) is 1.81. The number of carbonyl (C=O) groups excluding carboxylic acids is 1. The second kappa shape index (κ2) is 11.0. The maximum absolute atomic E-state index is 15.4. The van der Waals surface area contributed by atoms with E-state index in [-0.39, 0.29) is 29.2 Å². The third-order valence-corrected chi connectivity index (χ3v) is 6.88. The van der Waals surface area contributed by atoms with Crippen LogP contribution in [0.2, 0.25) is 0 Å². The summed E-state index contributed by atoms with van der Waals surface area (Å²) in [5.74, 6) is -1.61. The van der Waals surface area contributed by atoms with Crippen LogP contribution in [0.15, 0.2) is 72.9 Å². The summed E-state index contributed by atoms with van der Waals surface area (Å²) in [6.07, 6.45) is 0.701. The number of thiazole rings is 1. The second-order valence-electron chi connectivity index (χ2n) is 9.76. The number of rotatable bonds is 7. The lowest BCUT2D eigenvalue weighted by molar-refractivity contribution is -0.226. The van der Waals surface area contributed by atoms with E-state index in [1.807, 2.05) is 44.2 Å². The molecule has 4 aromatic rings. The van der Waals surface area contributed by atoms with E-state index in [4.69, 9.17) is 14.2 Å². The minimum Gasteiger partial charge on any atom is -0.485 e. The van der Waals surface area contributed by atoms with Crippen molar-refractivity contribution in [1.29, 1.82) is 0 Å². The highest BCUT2D eigenvalue weighted by Crippen LogP contribution is 2.38. The van der Waals surface area contributed by atoms with Gasteiger partial charge in [0.25, 0.3) is 5.91 Å². The fourth-order valence-corrected chi connectivity index (χ4v) is 4.74. The quantitative estimate of drug-likeness (QED) is 0.276. The molecule has 0 bridgehead atoms. The molecule has 1 fully saturated rings. The van der Waals surface area contributed by atoms with Gasteiger partial charge in [0.1, 0.15) is 12.4 Å². The van der Waals surface area contributed by atoms with Crippen LogP contribution in [-0.2, 0) is 16.1 Å². The molecule has 0 radical (unpaired) electrons. The standard InChI is InChI=1S/C29H26F2N2O4S/c1-29(2)16-36-27(37-17-29)22-12-20(13-23(31)25(22)35-15-18-6-4-3-5-7-18)26(34)33-28-32-14-24(38-28)19-8-10-21(30)11-9-19/h3-14,27H,15-17H2,1-2H3,(H,32,33,34). The van der Waals surface area contributed by atoms with Crippen molar-refractivity contribution in [3.8, 4) is 16.2 Å². The van der Waals surface area contributed by atoms with E-state index in [2.05, 4.69) is 10.3 Å². The third kappa shape index (κ3) is 6.07. The van der Waals surface area contributed by atoms with E-state index >= 15 is 4.39 Å². The zero-order chi connectivity index (χ0) is 26.7. The van der Waals surface area contributed by atoms with E-state index < -0.39 is 18.0 Å². The molecule has 2 heterocycles. The second-order valence-corrected chi connectivity index (χ2v) is 10.8. The number of aromatic nitrogens is 1. The molecular weight excluding hydrogens is 510 g/mol. The van der Waals surface area contributed by atoms with Crippen molar-refractivity contribution in [3.63, 3.8) is 0 Å². The van der Waals surface area contributed by atoms with Crippen LogP contribution >= 0.6 is 11.3 Å². The van der Waals surface area contributed by atoms with Crippen molar-refractivity contribution in [3.05, 3.63) is 101 Å². The summed E-state index contributed by atoms with van der Waals surface area (Å²) < 4.78 is 46.3. The molecule has 1 aliphatic rings. The van der Waals surface area contributed by atoms with Gasteiger partial charge in [0.2, 0.25) is 0 Å². The number of anilines is 1. The van der Waals surface area contributed by atoms with Gasteiger partial charge in [-0.05, 0) is 35.4 Å². The highest BCUT2D eigenvalue weighted by Gasteiger charge is 2.32. The molecule has 0 saturated carbocycles. The zero-order valence-corrected chi connectivity index (χ0v) is 21.7. The normalized spacial score (nSPS) is 15.3. The summed E-state index contributed by atoms with van der Waals surface area (Å²) >= 11 is 1.23. The average Bonchev–Trinajstić information content (AvgIpc) is 3.37. The van der Waals surface area contributed by atoms with Gasteiger partial charge in [0.15, 0.2) is 23.0 Å². The highest BCUT2D eigenvalue weighted by atomic mass is 32.1. The molecular formula is C29H26F2N2O4S. The van der Waals surface area contributed by atoms with E-state index in [9.17, 15) is 9.18 Å². The molecule has 6 nitrogen and oxygen atoms in total. The van der Waals surface area contributed by atoms with Crippen molar-refractivity contribution in [1.82, 2.24) is 4.98 Å². The predicted molar refractivity (Wildman–Crippen MR) is 141 cm³/mol. The number of hydrogen-bond donors (Lipinski definition) is 1. The molecule has 38 heavy (non-hydrogen) atoms. The van der Waals surface area contributed by atoms with Crippen molar-refractivity contribution in [2.75, 3.05) is 18.5 Å². The SMILES string of the molecule is CC1(C)COC(c2cc(C(=O)Nc3ncc(-c4ccc(F)cc4)s3)cc(F)c2OCc2ccccc2)OC1. The Morgan fingerprint density at radius 3 is 2.50 bits per heavy atom. The van der Waals surface area contributed by atoms with Gasteiger partial charge in [-0.2, -0.15) is 0 Å². The molecule has 1 aromatic heterocycles. The minimum absolute atomic E-state index is 0.0250. The Kier molecular flexibility index (Phi) is 7.51. The zero-order valence-electron chi connectivity index (χ0n) is 20.9. The molecule has 196 valence electrons. The first-order valence-electron chi connectivity index (χ1n) is 12.0. The molecule has 0 unspecified atom stereocenters. The van der Waals surface area contributed by atoms with Crippen LogP contribution in [0.3, 0.4) is 0 Å². The molecule has 1 amide bonds. The molecule has 5 rings (SSSR count). The number of amides is 1. The highest BCUT2D eigenvalue weighted by molar-refractivity contribution is 7.19. The Hall–Kier alpha value is -3.66. The summed E-state index contributed by atoms with van der Waals surface area (Å²) in [6.45, 7) is 4.96. The number of benzene rings is 3. The molecule has 0 atom stereocenters. The number of halogens is 2. The van der Waals surface area contributed by atoms with Crippen LogP contribution in [0.1, 0.15) is 41.6 Å². The van der Waals surface area contributed by atoms with Crippen LogP contribution in [0.5, 0.6) is 5.75 Å². The van der Waals surface area contributed by atoms with Crippen LogP contribution in [0.25, 0.3) is 10.4 Å². The Morgan fingerprint density at radius 1 is 1.08 bits per heavy atom. The molecule has 1 N–H and O–H groups in total. The van der Waals surface area contributed by atoms with Crippen LogP contribution < -0.4 is 10.1 Å². The predicted octanol–water partition coefficient (Wildman–Crippen LogP) is 6.99. The summed E-state index contributed by atoms with van der Waals surface area (Å²) in [7, 11) is 0. The fraction of sp³-hybridized carbons (Fsp3) is 0.241. The fourth-order valence-electron chi connectivity index (χ4n) is 3.92. The Morgan fingerprint density at radius 2 is 1.79 bits per heavy atom. The van der Waals surface area contributed by atoms with Gasteiger partial charge >= 0.3 is 0 Å². The van der Waals surface area contributed by atoms with Gasteiger partial charge in [-0.25, -0.2) is 13.8 Å². The van der Waals surface area contributed by atoms with Crippen molar-refractivity contribution >= 4 is 22.4 Å². The number of hydrogen-bond acceptors (Lipinski definition) is 6. The molecule has 0 spiro atoms. The Bertz CT molecular complexity index is 1410. The first kappa shape index (κ1) is 26.0. The van der Waals surface area contributed by atoms with E-state index in [1.54, 1.807) is 18.3 Å². The maximum Gasteiger partial charge on any atom is 0.257 e. The van der Waals surface area contributed by atoms with Gasteiger partial charge in [-0.3, -0.25) is 10.1 Å². The van der Waals surface area contributed by atoms with Crippen molar-refractivity contribution in [2.45, 2.75) is 26.7 Å². The van der Waals surface area contributed by atoms with E-state index in [1.165, 1.54) is 29.5 Å². The number of nitrogens with zero attached hydrogens (tertiary/aromatic N) is 1. The van der Waals surface area contributed by atoms with E-state index in [0.717, 1.165) is 22.1 Å². The molecule has 1 aliphatic heterocycles. The van der Waals surface area contributed by atoms with Gasteiger partial charge in [0.05, 0.1) is 23.7 Å². The van der Waals surface area contributed by atoms with Gasteiger partial charge in [-0.1, -0.05) is 67.6 Å². The molecule has 1 saturated heterocycles. The number of ether oxygens (including phenoxy) is 3. The van der Waals surface area contributed by atoms with Crippen LogP contribution in [-0.4, -0.2) is 24.1 Å². The largest absolute Gasteiger partial charge is 0.485 e. The van der Waals surface area contributed by atoms with E-state index in [0.29, 0.717) is 23.9 Å².